The van der Waals surface area contributed by atoms with Crippen LogP contribution < -0.4 is 5.43 Å². The summed E-state index contributed by atoms with van der Waals surface area (Å²) in [6, 6.07) is 0.832. The quantitative estimate of drug-likeness (QED) is 0.807. The number of hydrogen-bond donors (Lipinski definition) is 0. The molecule has 0 aliphatic carbocycles. The number of nitrogens with zero attached hydrogens (tertiary/aromatic N) is 1. The molecule has 0 fully saturated rings. The number of hydrogen-bond acceptors (Lipinski definition) is 4. The van der Waals surface area contributed by atoms with Crippen molar-refractivity contribution in [1.82, 2.24) is 4.57 Å². The number of carbonyl (C=O) groups excluding carboxylic acids is 1. The number of fused-ring (bicyclic) bond motifs is 3. The molecule has 0 bridgehead atoms. The van der Waals surface area contributed by atoms with Crippen LogP contribution in [-0.4, -0.2) is 22.9 Å². The Kier molecular flexibility index (Phi) is 3.97. The van der Waals surface area contributed by atoms with Crippen molar-refractivity contribution in [3.05, 3.63) is 45.6 Å². The molecule has 3 rings (SSSR count). The van der Waals surface area contributed by atoms with Crippen LogP contribution in [0.3, 0.4) is 0 Å². The first-order chi connectivity index (χ1) is 11.0. The van der Waals surface area contributed by atoms with Gasteiger partial charge in [0, 0.05) is 17.9 Å². The fourth-order valence-electron chi connectivity index (χ4n) is 2.73. The molecule has 2 aromatic rings. The molecule has 0 atom stereocenters. The third-order valence-corrected chi connectivity index (χ3v) is 4.75. The highest BCUT2D eigenvalue weighted by Gasteiger charge is 2.29. The SMILES string of the molecule is C=Cc1c(F)c(F)cc2c(=O)c(C(=O)OCC)c3n(c12)CCS3. The highest BCUT2D eigenvalue weighted by atomic mass is 32.2. The van der Waals surface area contributed by atoms with E-state index in [0.717, 1.165) is 6.07 Å². The first-order valence-electron chi connectivity index (χ1n) is 7.02. The van der Waals surface area contributed by atoms with E-state index >= 15 is 0 Å². The van der Waals surface area contributed by atoms with Gasteiger partial charge in [0.15, 0.2) is 11.6 Å². The van der Waals surface area contributed by atoms with Gasteiger partial charge in [-0.3, -0.25) is 4.79 Å². The van der Waals surface area contributed by atoms with E-state index in [1.165, 1.54) is 17.8 Å². The van der Waals surface area contributed by atoms with Crippen LogP contribution in [0.4, 0.5) is 8.78 Å². The van der Waals surface area contributed by atoms with Crippen LogP contribution in [0.25, 0.3) is 17.0 Å². The second-order valence-electron chi connectivity index (χ2n) is 4.92. The molecule has 0 unspecified atom stereocenters. The molecule has 1 aromatic heterocycles. The molecular formula is C16H13F2NO3S. The Morgan fingerprint density at radius 2 is 2.26 bits per heavy atom. The Bertz CT molecular complexity index is 905. The maximum absolute atomic E-state index is 14.1. The number of aryl methyl sites for hydroxylation is 1. The molecule has 0 N–H and O–H groups in total. The zero-order valence-corrected chi connectivity index (χ0v) is 13.1. The molecule has 2 heterocycles. The molecule has 0 saturated heterocycles. The van der Waals surface area contributed by atoms with Crippen molar-refractivity contribution in [2.24, 2.45) is 0 Å². The van der Waals surface area contributed by atoms with Gasteiger partial charge in [-0.2, -0.15) is 0 Å². The topological polar surface area (TPSA) is 48.3 Å². The third kappa shape index (κ3) is 2.26. The second kappa shape index (κ2) is 5.81. The number of pyridine rings is 1. The molecule has 1 aliphatic rings. The van der Waals surface area contributed by atoms with Gasteiger partial charge in [-0.25, -0.2) is 13.6 Å². The predicted molar refractivity (Wildman–Crippen MR) is 84.9 cm³/mol. The fraction of sp³-hybridized carbons (Fsp3) is 0.250. The van der Waals surface area contributed by atoms with E-state index in [1.54, 1.807) is 11.5 Å². The van der Waals surface area contributed by atoms with Crippen LogP contribution in [0.5, 0.6) is 0 Å². The van der Waals surface area contributed by atoms with Crippen molar-refractivity contribution in [2.75, 3.05) is 12.4 Å². The summed E-state index contributed by atoms with van der Waals surface area (Å²) >= 11 is 1.32. The lowest BCUT2D eigenvalue weighted by molar-refractivity contribution is 0.0519. The van der Waals surface area contributed by atoms with Crippen LogP contribution >= 0.6 is 11.8 Å². The molecule has 0 spiro atoms. The van der Waals surface area contributed by atoms with Crippen molar-refractivity contribution in [1.29, 1.82) is 0 Å². The molecule has 1 aliphatic heterocycles. The van der Waals surface area contributed by atoms with Crippen LogP contribution in [0.2, 0.25) is 0 Å². The van der Waals surface area contributed by atoms with E-state index in [1.807, 2.05) is 0 Å². The van der Waals surface area contributed by atoms with Gasteiger partial charge in [-0.1, -0.05) is 12.7 Å². The van der Waals surface area contributed by atoms with Gasteiger partial charge in [0.1, 0.15) is 5.56 Å². The summed E-state index contributed by atoms with van der Waals surface area (Å²) in [5.41, 5.74) is -0.586. The number of carbonyl (C=O) groups is 1. The molecule has 1 aromatic carbocycles. The first-order valence-corrected chi connectivity index (χ1v) is 8.00. The predicted octanol–water partition coefficient (Wildman–Crippen LogP) is 3.21. The Morgan fingerprint density at radius 1 is 1.52 bits per heavy atom. The summed E-state index contributed by atoms with van der Waals surface area (Å²) < 4.78 is 34.5. The summed E-state index contributed by atoms with van der Waals surface area (Å²) in [7, 11) is 0. The lowest BCUT2D eigenvalue weighted by Crippen LogP contribution is -2.23. The zero-order valence-electron chi connectivity index (χ0n) is 12.3. The molecule has 0 radical (unpaired) electrons. The number of aromatic nitrogens is 1. The molecule has 7 heteroatoms. The van der Waals surface area contributed by atoms with Crippen molar-refractivity contribution >= 4 is 34.7 Å². The van der Waals surface area contributed by atoms with Gasteiger partial charge in [0.2, 0.25) is 5.43 Å². The highest BCUT2D eigenvalue weighted by Crippen LogP contribution is 2.34. The Balaban J connectivity index is 2.50. The van der Waals surface area contributed by atoms with Gasteiger partial charge in [0.05, 0.1) is 22.5 Å². The van der Waals surface area contributed by atoms with Gasteiger partial charge in [-0.05, 0) is 13.0 Å². The van der Waals surface area contributed by atoms with Gasteiger partial charge in [0.25, 0.3) is 0 Å². The van der Waals surface area contributed by atoms with E-state index in [9.17, 15) is 18.4 Å². The summed E-state index contributed by atoms with van der Waals surface area (Å²) in [5, 5.41) is 0.378. The largest absolute Gasteiger partial charge is 0.462 e. The van der Waals surface area contributed by atoms with Crippen molar-refractivity contribution in [2.45, 2.75) is 18.5 Å². The van der Waals surface area contributed by atoms with Crippen LogP contribution in [0.1, 0.15) is 22.8 Å². The summed E-state index contributed by atoms with van der Waals surface area (Å²) in [4.78, 5) is 24.8. The number of halogens is 2. The molecule has 0 amide bonds. The number of esters is 1. The van der Waals surface area contributed by atoms with Crippen molar-refractivity contribution in [3.8, 4) is 0 Å². The minimum Gasteiger partial charge on any atom is -0.462 e. The van der Waals surface area contributed by atoms with E-state index in [0.29, 0.717) is 17.3 Å². The Morgan fingerprint density at radius 3 is 2.91 bits per heavy atom. The number of ether oxygens (including phenoxy) is 1. The van der Waals surface area contributed by atoms with E-state index in [-0.39, 0.29) is 28.6 Å². The molecular weight excluding hydrogens is 324 g/mol. The minimum atomic E-state index is -1.15. The number of benzene rings is 1. The lowest BCUT2D eigenvalue weighted by atomic mass is 10.1. The smallest absolute Gasteiger partial charge is 0.344 e. The Hall–Kier alpha value is -2.15. The monoisotopic (exact) mass is 337 g/mol. The lowest BCUT2D eigenvalue weighted by Gasteiger charge is -2.15. The molecule has 4 nitrogen and oxygen atoms in total. The second-order valence-corrected chi connectivity index (χ2v) is 6.00. The maximum atomic E-state index is 14.1. The van der Waals surface area contributed by atoms with E-state index in [4.69, 9.17) is 4.74 Å². The molecule has 120 valence electrons. The summed E-state index contributed by atoms with van der Waals surface area (Å²) in [6.07, 6.45) is 1.18. The van der Waals surface area contributed by atoms with Gasteiger partial charge >= 0.3 is 5.97 Å². The van der Waals surface area contributed by atoms with E-state index < -0.39 is 23.0 Å². The van der Waals surface area contributed by atoms with Crippen LogP contribution in [0.15, 0.2) is 22.5 Å². The van der Waals surface area contributed by atoms with E-state index in [2.05, 4.69) is 6.58 Å². The van der Waals surface area contributed by atoms with Crippen molar-refractivity contribution in [3.63, 3.8) is 0 Å². The minimum absolute atomic E-state index is 0.0481. The van der Waals surface area contributed by atoms with Gasteiger partial charge in [-0.15, -0.1) is 11.8 Å². The van der Waals surface area contributed by atoms with Crippen LogP contribution in [-0.2, 0) is 11.3 Å². The maximum Gasteiger partial charge on any atom is 0.344 e. The molecule has 23 heavy (non-hydrogen) atoms. The highest BCUT2D eigenvalue weighted by molar-refractivity contribution is 7.99. The average molecular weight is 337 g/mol. The summed E-state index contributed by atoms with van der Waals surface area (Å²) in [6.45, 7) is 5.74. The summed E-state index contributed by atoms with van der Waals surface area (Å²) in [5.74, 6) is -2.32. The van der Waals surface area contributed by atoms with Crippen molar-refractivity contribution < 1.29 is 18.3 Å². The van der Waals surface area contributed by atoms with Crippen LogP contribution in [0, 0.1) is 11.6 Å². The number of thioether (sulfide) groups is 1. The normalized spacial score (nSPS) is 13.2. The fourth-order valence-corrected chi connectivity index (χ4v) is 3.86. The third-order valence-electron chi connectivity index (χ3n) is 3.67. The standard InChI is InChI=1S/C16H13F2NO3S/c1-3-8-12(18)10(17)7-9-13(8)19-5-6-23-15(19)11(14(9)20)16(21)22-4-2/h3,7H,1,4-6H2,2H3. The van der Waals surface area contributed by atoms with Gasteiger partial charge < -0.3 is 9.30 Å². The average Bonchev–Trinajstić information content (AvgIpc) is 2.98. The zero-order chi connectivity index (χ0) is 16.7. The first kappa shape index (κ1) is 15.7. The molecule has 0 saturated carbocycles. The Labute approximate surface area is 134 Å². The number of rotatable bonds is 3.